The predicted molar refractivity (Wildman–Crippen MR) is 99.3 cm³/mol. The highest BCUT2D eigenvalue weighted by Gasteiger charge is 2.31. The van der Waals surface area contributed by atoms with E-state index in [9.17, 15) is 13.2 Å². The summed E-state index contributed by atoms with van der Waals surface area (Å²) in [7, 11) is -3.72. The second-order valence-corrected chi connectivity index (χ2v) is 8.32. The van der Waals surface area contributed by atoms with Gasteiger partial charge in [-0.05, 0) is 42.7 Å². The van der Waals surface area contributed by atoms with E-state index in [-0.39, 0.29) is 10.8 Å². The molecule has 7 heteroatoms. The number of anilines is 2. The van der Waals surface area contributed by atoms with Gasteiger partial charge in [0.15, 0.2) is 0 Å². The molecule has 136 valence electrons. The number of rotatable bonds is 2. The number of benzene rings is 2. The fourth-order valence-corrected chi connectivity index (χ4v) is 5.12. The zero-order chi connectivity index (χ0) is 18.3. The van der Waals surface area contributed by atoms with E-state index in [1.807, 2.05) is 24.3 Å². The topological polar surface area (TPSA) is 66.9 Å². The second-order valence-electron chi connectivity index (χ2n) is 6.46. The van der Waals surface area contributed by atoms with Gasteiger partial charge in [0.05, 0.1) is 22.8 Å². The summed E-state index contributed by atoms with van der Waals surface area (Å²) in [6.07, 6.45) is 1.65. The van der Waals surface area contributed by atoms with E-state index in [1.165, 1.54) is 11.2 Å². The van der Waals surface area contributed by atoms with Gasteiger partial charge in [0, 0.05) is 13.5 Å². The average molecular weight is 372 g/mol. The Morgan fingerprint density at radius 2 is 1.88 bits per heavy atom. The molecule has 0 bridgehead atoms. The minimum atomic E-state index is -3.72. The van der Waals surface area contributed by atoms with Crippen molar-refractivity contribution in [3.05, 3.63) is 48.0 Å². The minimum absolute atomic E-state index is 0.132. The quantitative estimate of drug-likeness (QED) is 0.813. The zero-order valence-corrected chi connectivity index (χ0v) is 15.3. The maximum Gasteiger partial charge on any atom is 0.264 e. The van der Waals surface area contributed by atoms with E-state index >= 15 is 0 Å². The molecular formula is C19H20N2O4S. The fourth-order valence-electron chi connectivity index (χ4n) is 3.56. The molecule has 2 aromatic carbocycles. The third kappa shape index (κ3) is 2.72. The van der Waals surface area contributed by atoms with E-state index in [4.69, 9.17) is 4.74 Å². The molecule has 4 rings (SSSR count). The van der Waals surface area contributed by atoms with E-state index in [0.29, 0.717) is 31.1 Å². The molecule has 0 spiro atoms. The van der Waals surface area contributed by atoms with Crippen LogP contribution < -0.4 is 13.9 Å². The van der Waals surface area contributed by atoms with Crippen LogP contribution >= 0.6 is 0 Å². The van der Waals surface area contributed by atoms with Gasteiger partial charge >= 0.3 is 0 Å². The highest BCUT2D eigenvalue weighted by Crippen LogP contribution is 2.37. The number of para-hydroxylation sites is 1. The molecule has 0 atom stereocenters. The Morgan fingerprint density at radius 3 is 2.69 bits per heavy atom. The van der Waals surface area contributed by atoms with Crippen LogP contribution in [0.1, 0.15) is 18.9 Å². The summed E-state index contributed by atoms with van der Waals surface area (Å²) in [5.41, 5.74) is 2.28. The lowest BCUT2D eigenvalue weighted by atomic mass is 10.0. The highest BCUT2D eigenvalue weighted by molar-refractivity contribution is 7.92. The molecule has 1 amide bonds. The number of ether oxygens (including phenoxy) is 1. The smallest absolute Gasteiger partial charge is 0.264 e. The number of fused-ring (bicyclic) bond motifs is 2. The van der Waals surface area contributed by atoms with E-state index in [1.54, 1.807) is 23.1 Å². The molecule has 2 aliphatic heterocycles. The first-order valence-electron chi connectivity index (χ1n) is 8.64. The van der Waals surface area contributed by atoms with Crippen LogP contribution in [0.25, 0.3) is 0 Å². The third-order valence-corrected chi connectivity index (χ3v) is 6.64. The van der Waals surface area contributed by atoms with Crippen molar-refractivity contribution < 1.29 is 17.9 Å². The Kier molecular flexibility index (Phi) is 4.11. The number of nitrogens with zero attached hydrogens (tertiary/aromatic N) is 2. The lowest BCUT2D eigenvalue weighted by Crippen LogP contribution is -2.37. The van der Waals surface area contributed by atoms with Gasteiger partial charge in [-0.25, -0.2) is 8.42 Å². The first-order valence-corrected chi connectivity index (χ1v) is 10.1. The number of hydrogen-bond donors (Lipinski definition) is 0. The molecular weight excluding hydrogens is 352 g/mol. The van der Waals surface area contributed by atoms with Crippen LogP contribution in [0.15, 0.2) is 47.4 Å². The second kappa shape index (κ2) is 6.32. The zero-order valence-electron chi connectivity index (χ0n) is 14.5. The van der Waals surface area contributed by atoms with Crippen LogP contribution in [0.4, 0.5) is 11.4 Å². The number of carbonyl (C=O) groups excluding carboxylic acids is 1. The Balaban J connectivity index is 1.79. The molecule has 2 aromatic rings. The van der Waals surface area contributed by atoms with E-state index in [0.717, 1.165) is 24.1 Å². The summed E-state index contributed by atoms with van der Waals surface area (Å²) < 4.78 is 33.6. The van der Waals surface area contributed by atoms with Crippen molar-refractivity contribution in [3.8, 4) is 5.75 Å². The Morgan fingerprint density at radius 1 is 1.08 bits per heavy atom. The van der Waals surface area contributed by atoms with Gasteiger partial charge in [-0.15, -0.1) is 0 Å². The summed E-state index contributed by atoms with van der Waals surface area (Å²) in [6.45, 7) is 2.73. The van der Waals surface area contributed by atoms with Crippen LogP contribution in [-0.4, -0.2) is 34.0 Å². The number of carbonyl (C=O) groups is 1. The molecule has 0 saturated carbocycles. The van der Waals surface area contributed by atoms with Gasteiger partial charge < -0.3 is 9.64 Å². The number of aryl methyl sites for hydroxylation is 1. The van der Waals surface area contributed by atoms with E-state index in [2.05, 4.69) is 0 Å². The average Bonchev–Trinajstić information content (AvgIpc) is 2.66. The lowest BCUT2D eigenvalue weighted by molar-refractivity contribution is -0.116. The first kappa shape index (κ1) is 16.9. The minimum Gasteiger partial charge on any atom is -0.490 e. The molecule has 0 radical (unpaired) electrons. The lowest BCUT2D eigenvalue weighted by Gasteiger charge is -2.32. The third-order valence-electron chi connectivity index (χ3n) is 4.83. The molecule has 0 N–H and O–H groups in total. The molecule has 2 heterocycles. The van der Waals surface area contributed by atoms with Crippen molar-refractivity contribution in [2.24, 2.45) is 0 Å². The van der Waals surface area contributed by atoms with Gasteiger partial charge in [0.2, 0.25) is 5.91 Å². The van der Waals surface area contributed by atoms with Gasteiger partial charge in [-0.2, -0.15) is 0 Å². The fraction of sp³-hybridized carbons (Fsp3) is 0.316. The van der Waals surface area contributed by atoms with Gasteiger partial charge in [-0.3, -0.25) is 9.10 Å². The van der Waals surface area contributed by atoms with Gasteiger partial charge in [0.25, 0.3) is 10.0 Å². The predicted octanol–water partition coefficient (Wildman–Crippen LogP) is 2.57. The molecule has 0 fully saturated rings. The van der Waals surface area contributed by atoms with Crippen molar-refractivity contribution in [3.63, 3.8) is 0 Å². The summed E-state index contributed by atoms with van der Waals surface area (Å²) in [5, 5.41) is 0. The van der Waals surface area contributed by atoms with Crippen LogP contribution in [0.2, 0.25) is 0 Å². The molecule has 0 aromatic heterocycles. The summed E-state index contributed by atoms with van der Waals surface area (Å²) in [5.74, 6) is 0.400. The van der Waals surface area contributed by atoms with Crippen molar-refractivity contribution in [1.29, 1.82) is 0 Å². The highest BCUT2D eigenvalue weighted by atomic mass is 32.2. The monoisotopic (exact) mass is 372 g/mol. The van der Waals surface area contributed by atoms with Crippen LogP contribution in [0.5, 0.6) is 5.75 Å². The normalized spacial score (nSPS) is 16.5. The summed E-state index contributed by atoms with van der Waals surface area (Å²) >= 11 is 0. The van der Waals surface area contributed by atoms with Crippen molar-refractivity contribution in [1.82, 2.24) is 0 Å². The Labute approximate surface area is 153 Å². The molecule has 0 aliphatic carbocycles. The summed E-state index contributed by atoms with van der Waals surface area (Å²) in [6, 6.07) is 12.3. The molecule has 26 heavy (non-hydrogen) atoms. The maximum absolute atomic E-state index is 13.3. The molecule has 6 nitrogen and oxygen atoms in total. The number of hydrogen-bond acceptors (Lipinski definition) is 4. The largest absolute Gasteiger partial charge is 0.490 e. The van der Waals surface area contributed by atoms with E-state index < -0.39 is 10.0 Å². The molecule has 0 saturated heterocycles. The van der Waals surface area contributed by atoms with Crippen LogP contribution in [0.3, 0.4) is 0 Å². The van der Waals surface area contributed by atoms with Crippen LogP contribution in [0, 0.1) is 0 Å². The Bertz CT molecular complexity index is 971. The summed E-state index contributed by atoms with van der Waals surface area (Å²) in [4.78, 5) is 13.6. The first-order chi connectivity index (χ1) is 12.5. The molecule has 0 unspecified atom stereocenters. The van der Waals surface area contributed by atoms with Crippen molar-refractivity contribution >= 4 is 27.3 Å². The SMILES string of the molecule is CC(=O)N1CCOc2ccc(S(=O)(=O)N3CCCc4ccccc43)cc21. The number of amides is 1. The standard InChI is InChI=1S/C19H20N2O4S/c1-14(22)20-11-12-25-19-9-8-16(13-18(19)20)26(23,24)21-10-4-6-15-5-2-3-7-17(15)21/h2-3,5,7-9,13H,4,6,10-12H2,1H3. The maximum atomic E-state index is 13.3. The van der Waals surface area contributed by atoms with Crippen molar-refractivity contribution in [2.75, 3.05) is 28.9 Å². The van der Waals surface area contributed by atoms with Gasteiger partial charge in [-0.1, -0.05) is 18.2 Å². The Hall–Kier alpha value is -2.54. The van der Waals surface area contributed by atoms with Gasteiger partial charge in [0.1, 0.15) is 12.4 Å². The van der Waals surface area contributed by atoms with Crippen molar-refractivity contribution in [2.45, 2.75) is 24.7 Å². The molecule has 2 aliphatic rings. The number of sulfonamides is 1. The van der Waals surface area contributed by atoms with Crippen LogP contribution in [-0.2, 0) is 21.2 Å².